The Hall–Kier alpha value is -2.30. The van der Waals surface area contributed by atoms with Crippen LogP contribution in [0.25, 0.3) is 0 Å². The molecule has 0 aliphatic carbocycles. The summed E-state index contributed by atoms with van der Waals surface area (Å²) in [4.78, 5) is 15.9. The number of carbonyl (C=O) groups excluding carboxylic acids is 1. The van der Waals surface area contributed by atoms with Gasteiger partial charge in [0, 0.05) is 6.54 Å². The Kier molecular flexibility index (Phi) is 3.96. The number of hydrogen-bond donors (Lipinski definition) is 2. The summed E-state index contributed by atoms with van der Waals surface area (Å²) in [5.74, 6) is 0.798. The van der Waals surface area contributed by atoms with E-state index in [1.807, 2.05) is 6.07 Å². The first-order chi connectivity index (χ1) is 8.79. The number of furan rings is 1. The molecule has 18 heavy (non-hydrogen) atoms. The van der Waals surface area contributed by atoms with E-state index in [1.54, 1.807) is 24.4 Å². The Morgan fingerprint density at radius 3 is 2.89 bits per heavy atom. The van der Waals surface area contributed by atoms with E-state index in [1.165, 1.54) is 6.26 Å². The number of aromatic nitrogens is 1. The third-order valence-corrected chi connectivity index (χ3v) is 2.32. The maximum absolute atomic E-state index is 11.7. The summed E-state index contributed by atoms with van der Waals surface area (Å²) in [5.41, 5.74) is 0.637. The van der Waals surface area contributed by atoms with Crippen molar-refractivity contribution in [3.8, 4) is 0 Å². The van der Waals surface area contributed by atoms with Gasteiger partial charge in [0.05, 0.1) is 18.1 Å². The number of anilines is 2. The highest BCUT2D eigenvalue weighted by Crippen LogP contribution is 2.11. The highest BCUT2D eigenvalue weighted by atomic mass is 16.3. The fraction of sp³-hybridized carbons (Fsp3) is 0.231. The van der Waals surface area contributed by atoms with Crippen molar-refractivity contribution in [2.75, 3.05) is 17.2 Å². The standard InChI is InChI=1S/C13H15N3O2/c1-2-7-14-12-6-5-10(9-15-12)16-13(17)11-4-3-8-18-11/h3-6,8-9H,2,7H2,1H3,(H,14,15)(H,16,17). The molecule has 94 valence electrons. The van der Waals surface area contributed by atoms with Crippen molar-refractivity contribution < 1.29 is 9.21 Å². The van der Waals surface area contributed by atoms with Crippen LogP contribution in [-0.2, 0) is 0 Å². The van der Waals surface area contributed by atoms with Crippen molar-refractivity contribution in [1.29, 1.82) is 0 Å². The molecule has 2 heterocycles. The summed E-state index contributed by atoms with van der Waals surface area (Å²) in [6.07, 6.45) is 4.11. The molecule has 2 N–H and O–H groups in total. The van der Waals surface area contributed by atoms with Gasteiger partial charge < -0.3 is 15.1 Å². The Morgan fingerprint density at radius 1 is 1.39 bits per heavy atom. The van der Waals surface area contributed by atoms with E-state index >= 15 is 0 Å². The largest absolute Gasteiger partial charge is 0.459 e. The lowest BCUT2D eigenvalue weighted by molar-refractivity contribution is 0.0996. The Balaban J connectivity index is 1.96. The summed E-state index contributed by atoms with van der Waals surface area (Å²) >= 11 is 0. The van der Waals surface area contributed by atoms with Gasteiger partial charge in [-0.05, 0) is 30.7 Å². The molecule has 0 bridgehead atoms. The molecule has 5 nitrogen and oxygen atoms in total. The van der Waals surface area contributed by atoms with Crippen molar-refractivity contribution in [1.82, 2.24) is 4.98 Å². The van der Waals surface area contributed by atoms with E-state index in [-0.39, 0.29) is 11.7 Å². The van der Waals surface area contributed by atoms with Crippen LogP contribution in [0.3, 0.4) is 0 Å². The van der Waals surface area contributed by atoms with E-state index in [2.05, 4.69) is 22.5 Å². The predicted molar refractivity (Wildman–Crippen MR) is 69.7 cm³/mol. The summed E-state index contributed by atoms with van der Waals surface area (Å²) < 4.78 is 5.00. The monoisotopic (exact) mass is 245 g/mol. The second kappa shape index (κ2) is 5.86. The lowest BCUT2D eigenvalue weighted by Crippen LogP contribution is -2.11. The minimum Gasteiger partial charge on any atom is -0.459 e. The first kappa shape index (κ1) is 12.2. The molecule has 2 aromatic heterocycles. The van der Waals surface area contributed by atoms with Crippen LogP contribution in [0, 0.1) is 0 Å². The molecule has 1 amide bonds. The van der Waals surface area contributed by atoms with Crippen LogP contribution in [-0.4, -0.2) is 17.4 Å². The number of hydrogen-bond acceptors (Lipinski definition) is 4. The van der Waals surface area contributed by atoms with E-state index in [0.29, 0.717) is 5.69 Å². The highest BCUT2D eigenvalue weighted by Gasteiger charge is 2.08. The van der Waals surface area contributed by atoms with Gasteiger partial charge in [-0.1, -0.05) is 6.92 Å². The molecule has 0 saturated heterocycles. The fourth-order valence-electron chi connectivity index (χ4n) is 1.43. The van der Waals surface area contributed by atoms with Gasteiger partial charge in [0.2, 0.25) is 0 Å². The Morgan fingerprint density at radius 2 is 2.28 bits per heavy atom. The third-order valence-electron chi connectivity index (χ3n) is 2.32. The van der Waals surface area contributed by atoms with Crippen LogP contribution in [0.5, 0.6) is 0 Å². The first-order valence-corrected chi connectivity index (χ1v) is 5.84. The number of pyridine rings is 1. The van der Waals surface area contributed by atoms with Crippen molar-refractivity contribution in [3.05, 3.63) is 42.5 Å². The number of nitrogens with zero attached hydrogens (tertiary/aromatic N) is 1. The minimum atomic E-state index is -0.281. The number of amides is 1. The van der Waals surface area contributed by atoms with Crippen LogP contribution < -0.4 is 10.6 Å². The normalized spacial score (nSPS) is 10.1. The van der Waals surface area contributed by atoms with Gasteiger partial charge in [-0.2, -0.15) is 0 Å². The van der Waals surface area contributed by atoms with Gasteiger partial charge in [0.1, 0.15) is 5.82 Å². The molecule has 0 fully saturated rings. The Bertz CT molecular complexity index is 491. The summed E-state index contributed by atoms with van der Waals surface area (Å²) in [5, 5.41) is 5.86. The number of carbonyl (C=O) groups is 1. The number of nitrogens with one attached hydrogen (secondary N) is 2. The van der Waals surface area contributed by atoms with Gasteiger partial charge in [0.25, 0.3) is 5.91 Å². The quantitative estimate of drug-likeness (QED) is 0.850. The summed E-state index contributed by atoms with van der Waals surface area (Å²) in [6.45, 7) is 2.97. The first-order valence-electron chi connectivity index (χ1n) is 5.84. The second-order valence-corrected chi connectivity index (χ2v) is 3.79. The summed E-state index contributed by atoms with van der Waals surface area (Å²) in [7, 11) is 0. The Labute approximate surface area is 105 Å². The molecule has 0 aliphatic rings. The van der Waals surface area contributed by atoms with E-state index < -0.39 is 0 Å². The topological polar surface area (TPSA) is 67.2 Å². The zero-order valence-corrected chi connectivity index (χ0v) is 10.1. The van der Waals surface area contributed by atoms with Crippen molar-refractivity contribution in [2.24, 2.45) is 0 Å². The maximum Gasteiger partial charge on any atom is 0.291 e. The van der Waals surface area contributed by atoms with Crippen LogP contribution in [0.1, 0.15) is 23.9 Å². The second-order valence-electron chi connectivity index (χ2n) is 3.79. The van der Waals surface area contributed by atoms with E-state index in [0.717, 1.165) is 18.8 Å². The molecule has 2 rings (SSSR count). The molecule has 0 radical (unpaired) electrons. The SMILES string of the molecule is CCCNc1ccc(NC(=O)c2ccco2)cn1. The molecule has 5 heteroatoms. The molecule has 0 saturated carbocycles. The van der Waals surface area contributed by atoms with Crippen molar-refractivity contribution in [3.63, 3.8) is 0 Å². The minimum absolute atomic E-state index is 0.281. The average Bonchev–Trinajstić information content (AvgIpc) is 2.92. The van der Waals surface area contributed by atoms with Crippen molar-refractivity contribution in [2.45, 2.75) is 13.3 Å². The maximum atomic E-state index is 11.7. The lowest BCUT2D eigenvalue weighted by atomic mass is 10.3. The third kappa shape index (κ3) is 3.10. The predicted octanol–water partition coefficient (Wildman–Crippen LogP) is 2.75. The van der Waals surface area contributed by atoms with Gasteiger partial charge >= 0.3 is 0 Å². The molecular weight excluding hydrogens is 230 g/mol. The average molecular weight is 245 g/mol. The highest BCUT2D eigenvalue weighted by molar-refractivity contribution is 6.02. The molecule has 2 aromatic rings. The fourth-order valence-corrected chi connectivity index (χ4v) is 1.43. The summed E-state index contributed by atoms with van der Waals surface area (Å²) in [6, 6.07) is 6.91. The zero-order chi connectivity index (χ0) is 12.8. The van der Waals surface area contributed by atoms with Crippen LogP contribution in [0.2, 0.25) is 0 Å². The molecule has 0 atom stereocenters. The van der Waals surface area contributed by atoms with Crippen LogP contribution >= 0.6 is 0 Å². The van der Waals surface area contributed by atoms with E-state index in [4.69, 9.17) is 4.42 Å². The van der Waals surface area contributed by atoms with Gasteiger partial charge in [-0.3, -0.25) is 4.79 Å². The van der Waals surface area contributed by atoms with Crippen LogP contribution in [0.4, 0.5) is 11.5 Å². The zero-order valence-electron chi connectivity index (χ0n) is 10.1. The number of rotatable bonds is 5. The molecule has 0 unspecified atom stereocenters. The van der Waals surface area contributed by atoms with Crippen molar-refractivity contribution >= 4 is 17.4 Å². The van der Waals surface area contributed by atoms with Gasteiger partial charge in [0.15, 0.2) is 5.76 Å². The smallest absolute Gasteiger partial charge is 0.291 e. The van der Waals surface area contributed by atoms with Crippen LogP contribution in [0.15, 0.2) is 41.1 Å². The van der Waals surface area contributed by atoms with Gasteiger partial charge in [-0.15, -0.1) is 0 Å². The van der Waals surface area contributed by atoms with E-state index in [9.17, 15) is 4.79 Å². The molecule has 0 spiro atoms. The molecular formula is C13H15N3O2. The molecule has 0 aromatic carbocycles. The lowest BCUT2D eigenvalue weighted by Gasteiger charge is -2.05. The van der Waals surface area contributed by atoms with Gasteiger partial charge in [-0.25, -0.2) is 4.98 Å². The molecule has 0 aliphatic heterocycles.